The summed E-state index contributed by atoms with van der Waals surface area (Å²) in [5.74, 6) is -0.428. The number of hydrogen-bond donors (Lipinski definition) is 0. The van der Waals surface area contributed by atoms with Gasteiger partial charge in [0.2, 0.25) is 0 Å². The van der Waals surface area contributed by atoms with E-state index in [0.717, 1.165) is 6.07 Å². The van der Waals surface area contributed by atoms with Crippen LogP contribution in [0, 0.1) is 0 Å². The molecule has 0 amide bonds. The van der Waals surface area contributed by atoms with Crippen molar-refractivity contribution < 1.29 is 22.7 Å². The third-order valence-electron chi connectivity index (χ3n) is 2.23. The van der Waals surface area contributed by atoms with Crippen LogP contribution < -0.4 is 4.74 Å². The van der Waals surface area contributed by atoms with Gasteiger partial charge in [-0.1, -0.05) is 15.9 Å². The van der Waals surface area contributed by atoms with Gasteiger partial charge in [0.05, 0.1) is 12.2 Å². The average Bonchev–Trinajstić information content (AvgIpc) is 2.28. The maximum atomic E-state index is 12.8. The minimum atomic E-state index is -4.57. The van der Waals surface area contributed by atoms with Crippen LogP contribution in [0.2, 0.25) is 0 Å². The highest BCUT2D eigenvalue weighted by Crippen LogP contribution is 2.35. The van der Waals surface area contributed by atoms with Crippen LogP contribution in [0.4, 0.5) is 13.2 Å². The lowest BCUT2D eigenvalue weighted by atomic mass is 10.0. The molecule has 0 aliphatic carbocycles. The Kier molecular flexibility index (Phi) is 5.19. The molecule has 100 valence electrons. The lowest BCUT2D eigenvalue weighted by Gasteiger charge is -2.13. The fourth-order valence-electron chi connectivity index (χ4n) is 1.48. The minimum absolute atomic E-state index is 0.0249. The summed E-state index contributed by atoms with van der Waals surface area (Å²) in [5.41, 5.74) is -1.26. The highest BCUT2D eigenvalue weighted by Gasteiger charge is 2.35. The van der Waals surface area contributed by atoms with Crippen LogP contribution in [-0.2, 0) is 6.18 Å². The highest BCUT2D eigenvalue weighted by atomic mass is 79.9. The molecule has 0 aliphatic rings. The molecule has 1 rings (SSSR count). The second-order valence-electron chi connectivity index (χ2n) is 3.50. The summed E-state index contributed by atoms with van der Waals surface area (Å²) >= 11 is 3.03. The van der Waals surface area contributed by atoms with Gasteiger partial charge in [-0.2, -0.15) is 13.2 Å². The van der Waals surface area contributed by atoms with E-state index in [9.17, 15) is 18.0 Å². The molecule has 18 heavy (non-hydrogen) atoms. The number of ether oxygens (including phenoxy) is 1. The summed E-state index contributed by atoms with van der Waals surface area (Å²) in [6.45, 7) is 1.95. The number of halogens is 4. The smallest absolute Gasteiger partial charge is 0.417 e. The summed E-state index contributed by atoms with van der Waals surface area (Å²) < 4.78 is 43.6. The molecule has 0 saturated heterocycles. The van der Waals surface area contributed by atoms with Gasteiger partial charge in [0.25, 0.3) is 0 Å². The van der Waals surface area contributed by atoms with Crippen molar-refractivity contribution >= 4 is 21.7 Å². The lowest BCUT2D eigenvalue weighted by molar-refractivity contribution is -0.138. The van der Waals surface area contributed by atoms with Crippen LogP contribution in [0.1, 0.15) is 29.3 Å². The Morgan fingerprint density at radius 1 is 1.39 bits per heavy atom. The number of carbonyl (C=O) groups excluding carboxylic acids is 1. The van der Waals surface area contributed by atoms with E-state index in [2.05, 4.69) is 15.9 Å². The Bertz CT molecular complexity index is 430. The minimum Gasteiger partial charge on any atom is -0.494 e. The van der Waals surface area contributed by atoms with Gasteiger partial charge in [0.15, 0.2) is 5.78 Å². The second kappa shape index (κ2) is 6.22. The van der Waals surface area contributed by atoms with E-state index in [-0.39, 0.29) is 24.3 Å². The van der Waals surface area contributed by atoms with E-state index in [0.29, 0.717) is 5.33 Å². The number of hydrogen-bond acceptors (Lipinski definition) is 2. The van der Waals surface area contributed by atoms with E-state index in [1.807, 2.05) is 0 Å². The number of ketones is 1. The molecule has 0 unspecified atom stereocenters. The van der Waals surface area contributed by atoms with Crippen LogP contribution in [0.25, 0.3) is 0 Å². The normalized spacial score (nSPS) is 11.4. The molecule has 0 aliphatic heterocycles. The third kappa shape index (κ3) is 3.73. The maximum Gasteiger partial charge on any atom is 0.417 e. The van der Waals surface area contributed by atoms with Crippen molar-refractivity contribution in [2.75, 3.05) is 11.9 Å². The standard InChI is InChI=1S/C12H12BrF3O2/c1-2-18-8-3-4-9(11(17)5-6-13)10(7-8)12(14,15)16/h3-4,7H,2,5-6H2,1H3. The van der Waals surface area contributed by atoms with Crippen LogP contribution in [-0.4, -0.2) is 17.7 Å². The van der Waals surface area contributed by atoms with E-state index in [4.69, 9.17) is 4.74 Å². The van der Waals surface area contributed by atoms with Gasteiger partial charge in [0, 0.05) is 17.3 Å². The lowest BCUT2D eigenvalue weighted by Crippen LogP contribution is -2.13. The molecule has 0 spiro atoms. The van der Waals surface area contributed by atoms with Gasteiger partial charge in [-0.25, -0.2) is 0 Å². The van der Waals surface area contributed by atoms with Crippen LogP contribution in [0.15, 0.2) is 18.2 Å². The molecular weight excluding hydrogens is 313 g/mol. The maximum absolute atomic E-state index is 12.8. The molecule has 0 radical (unpaired) electrons. The topological polar surface area (TPSA) is 26.3 Å². The molecule has 0 heterocycles. The predicted molar refractivity (Wildman–Crippen MR) is 65.4 cm³/mol. The summed E-state index contributed by atoms with van der Waals surface area (Å²) in [7, 11) is 0. The molecule has 0 N–H and O–H groups in total. The van der Waals surface area contributed by atoms with Crippen molar-refractivity contribution in [3.63, 3.8) is 0 Å². The number of carbonyl (C=O) groups is 1. The average molecular weight is 325 g/mol. The quantitative estimate of drug-likeness (QED) is 0.602. The number of alkyl halides is 4. The molecule has 1 aromatic rings. The zero-order chi connectivity index (χ0) is 13.8. The fourth-order valence-corrected chi connectivity index (χ4v) is 1.84. The summed E-state index contributed by atoms with van der Waals surface area (Å²) in [6, 6.07) is 3.41. The van der Waals surface area contributed by atoms with Gasteiger partial charge < -0.3 is 4.74 Å². The van der Waals surface area contributed by atoms with Crippen LogP contribution in [0.5, 0.6) is 5.75 Å². The Labute approximate surface area is 111 Å². The largest absolute Gasteiger partial charge is 0.494 e. The van der Waals surface area contributed by atoms with Gasteiger partial charge in [-0.05, 0) is 25.1 Å². The molecule has 2 nitrogen and oxygen atoms in total. The number of rotatable bonds is 5. The molecular formula is C12H12BrF3O2. The van der Waals surface area contributed by atoms with Crippen LogP contribution >= 0.6 is 15.9 Å². The first-order valence-electron chi connectivity index (χ1n) is 5.33. The molecule has 0 saturated carbocycles. The highest BCUT2D eigenvalue weighted by molar-refractivity contribution is 9.09. The zero-order valence-electron chi connectivity index (χ0n) is 9.68. The summed E-state index contributed by atoms with van der Waals surface area (Å²) in [6.07, 6.45) is -4.54. The molecule has 0 bridgehead atoms. The van der Waals surface area contributed by atoms with Crippen molar-refractivity contribution in [3.8, 4) is 5.75 Å². The molecule has 6 heteroatoms. The Morgan fingerprint density at radius 2 is 2.06 bits per heavy atom. The van der Waals surface area contributed by atoms with Crippen LogP contribution in [0.3, 0.4) is 0 Å². The number of benzene rings is 1. The van der Waals surface area contributed by atoms with Crippen molar-refractivity contribution in [2.45, 2.75) is 19.5 Å². The van der Waals surface area contributed by atoms with E-state index in [1.165, 1.54) is 12.1 Å². The Balaban J connectivity index is 3.21. The first-order chi connectivity index (χ1) is 8.40. The monoisotopic (exact) mass is 324 g/mol. The summed E-state index contributed by atoms with van der Waals surface area (Å²) in [4.78, 5) is 11.6. The molecule has 1 aromatic carbocycles. The number of Topliss-reactive ketones (excluding diaryl/α,β-unsaturated/α-hetero) is 1. The van der Waals surface area contributed by atoms with E-state index in [1.54, 1.807) is 6.92 Å². The van der Waals surface area contributed by atoms with Gasteiger partial charge in [-0.15, -0.1) is 0 Å². The van der Waals surface area contributed by atoms with E-state index >= 15 is 0 Å². The molecule has 0 fully saturated rings. The Morgan fingerprint density at radius 3 is 2.56 bits per heavy atom. The van der Waals surface area contributed by atoms with Crippen molar-refractivity contribution in [1.82, 2.24) is 0 Å². The second-order valence-corrected chi connectivity index (χ2v) is 4.29. The predicted octanol–water partition coefficient (Wildman–Crippen LogP) is 4.07. The van der Waals surface area contributed by atoms with Gasteiger partial charge in [0.1, 0.15) is 5.75 Å². The summed E-state index contributed by atoms with van der Waals surface area (Å²) in [5, 5.41) is 0.330. The first-order valence-corrected chi connectivity index (χ1v) is 6.45. The first kappa shape index (κ1) is 15.0. The zero-order valence-corrected chi connectivity index (χ0v) is 11.3. The SMILES string of the molecule is CCOc1ccc(C(=O)CCBr)c(C(F)(F)F)c1. The Hall–Kier alpha value is -1.04. The molecule has 0 atom stereocenters. The third-order valence-corrected chi connectivity index (χ3v) is 2.63. The van der Waals surface area contributed by atoms with Crippen molar-refractivity contribution in [2.24, 2.45) is 0 Å². The van der Waals surface area contributed by atoms with Gasteiger partial charge >= 0.3 is 6.18 Å². The molecule has 0 aromatic heterocycles. The van der Waals surface area contributed by atoms with Crippen molar-refractivity contribution in [3.05, 3.63) is 29.3 Å². The van der Waals surface area contributed by atoms with E-state index < -0.39 is 17.5 Å². The fraction of sp³-hybridized carbons (Fsp3) is 0.417. The van der Waals surface area contributed by atoms with Crippen molar-refractivity contribution in [1.29, 1.82) is 0 Å². The van der Waals surface area contributed by atoms with Gasteiger partial charge in [-0.3, -0.25) is 4.79 Å².